The highest BCUT2D eigenvalue weighted by molar-refractivity contribution is 6.32. The fourth-order valence-electron chi connectivity index (χ4n) is 3.65. The van der Waals surface area contributed by atoms with E-state index in [2.05, 4.69) is 17.5 Å². The van der Waals surface area contributed by atoms with Crippen LogP contribution in [0.3, 0.4) is 0 Å². The zero-order chi connectivity index (χ0) is 15.3. The molecular weight excluding hydrogens is 317 g/mol. The minimum Gasteiger partial charge on any atom is -0.506 e. The van der Waals surface area contributed by atoms with Gasteiger partial charge in [-0.1, -0.05) is 47.5 Å². The quantitative estimate of drug-likeness (QED) is 0.532. The van der Waals surface area contributed by atoms with E-state index in [4.69, 9.17) is 23.2 Å². The molecule has 1 aliphatic carbocycles. The highest BCUT2D eigenvalue weighted by Crippen LogP contribution is 2.54. The summed E-state index contributed by atoms with van der Waals surface area (Å²) < 4.78 is 0. The first kappa shape index (κ1) is 14.0. The normalized spacial score (nSPS) is 25.5. The van der Waals surface area contributed by atoms with Gasteiger partial charge in [0.05, 0.1) is 11.7 Å². The van der Waals surface area contributed by atoms with Gasteiger partial charge in [0.2, 0.25) is 0 Å². The van der Waals surface area contributed by atoms with Gasteiger partial charge in [0, 0.05) is 21.5 Å². The van der Waals surface area contributed by atoms with Crippen LogP contribution in [-0.2, 0) is 0 Å². The van der Waals surface area contributed by atoms with Gasteiger partial charge in [-0.2, -0.15) is 0 Å². The van der Waals surface area contributed by atoms with Crippen molar-refractivity contribution in [1.29, 1.82) is 0 Å². The van der Waals surface area contributed by atoms with E-state index in [9.17, 15) is 5.11 Å². The van der Waals surface area contributed by atoms with E-state index in [0.717, 1.165) is 22.7 Å². The predicted molar refractivity (Wildman–Crippen MR) is 90.9 cm³/mol. The van der Waals surface area contributed by atoms with Crippen molar-refractivity contribution in [2.45, 2.75) is 18.4 Å². The van der Waals surface area contributed by atoms with Gasteiger partial charge in [-0.05, 0) is 42.2 Å². The molecule has 0 saturated carbocycles. The lowest BCUT2D eigenvalue weighted by molar-refractivity contribution is 0.415. The van der Waals surface area contributed by atoms with Crippen molar-refractivity contribution in [2.24, 2.45) is 5.92 Å². The number of phenolic OH excluding ortho intramolecular Hbond substituents is 1. The van der Waals surface area contributed by atoms with E-state index in [1.165, 1.54) is 5.56 Å². The van der Waals surface area contributed by atoms with Crippen LogP contribution in [0.25, 0.3) is 0 Å². The minimum absolute atomic E-state index is 0.133. The molecule has 0 radical (unpaired) electrons. The predicted octanol–water partition coefficient (Wildman–Crippen LogP) is 5.53. The summed E-state index contributed by atoms with van der Waals surface area (Å²) >= 11 is 12.4. The molecule has 2 aromatic carbocycles. The molecule has 0 saturated heterocycles. The lowest BCUT2D eigenvalue weighted by Crippen LogP contribution is -2.29. The summed E-state index contributed by atoms with van der Waals surface area (Å²) in [6.07, 6.45) is 5.41. The molecule has 0 spiro atoms. The Hall–Kier alpha value is -1.64. The zero-order valence-electron chi connectivity index (χ0n) is 11.8. The van der Waals surface area contributed by atoms with E-state index in [1.807, 2.05) is 24.3 Å². The van der Waals surface area contributed by atoms with Gasteiger partial charge in [-0.25, -0.2) is 0 Å². The summed E-state index contributed by atoms with van der Waals surface area (Å²) in [4.78, 5) is 0. The molecule has 4 rings (SSSR count). The summed E-state index contributed by atoms with van der Waals surface area (Å²) in [5, 5.41) is 15.2. The van der Waals surface area contributed by atoms with E-state index in [0.29, 0.717) is 10.9 Å². The molecule has 4 heteroatoms. The number of rotatable bonds is 1. The number of aromatic hydroxyl groups is 1. The van der Waals surface area contributed by atoms with Crippen LogP contribution in [0.1, 0.15) is 29.5 Å². The maximum Gasteiger partial charge on any atom is 0.139 e. The lowest BCUT2D eigenvalue weighted by Gasteiger charge is -2.38. The van der Waals surface area contributed by atoms with Crippen LogP contribution in [-0.4, -0.2) is 5.11 Å². The molecule has 0 bridgehead atoms. The van der Waals surface area contributed by atoms with Crippen LogP contribution in [0, 0.1) is 5.92 Å². The number of allylic oxidation sites excluding steroid dienone is 2. The lowest BCUT2D eigenvalue weighted by atomic mass is 9.77. The van der Waals surface area contributed by atoms with E-state index in [1.54, 1.807) is 12.1 Å². The van der Waals surface area contributed by atoms with Gasteiger partial charge in [-0.15, -0.1) is 0 Å². The third kappa shape index (κ3) is 2.10. The molecule has 0 unspecified atom stereocenters. The van der Waals surface area contributed by atoms with Crippen LogP contribution in [0.5, 0.6) is 5.75 Å². The van der Waals surface area contributed by atoms with Gasteiger partial charge in [0.15, 0.2) is 0 Å². The van der Waals surface area contributed by atoms with Gasteiger partial charge < -0.3 is 10.4 Å². The van der Waals surface area contributed by atoms with E-state index in [-0.39, 0.29) is 17.7 Å². The number of phenols is 1. The molecular formula is C18H15Cl2NO. The van der Waals surface area contributed by atoms with E-state index >= 15 is 0 Å². The Kier molecular flexibility index (Phi) is 3.32. The Balaban J connectivity index is 1.84. The molecule has 0 aromatic heterocycles. The topological polar surface area (TPSA) is 32.3 Å². The van der Waals surface area contributed by atoms with Gasteiger partial charge in [-0.3, -0.25) is 0 Å². The second-order valence-electron chi connectivity index (χ2n) is 5.88. The standard InChI is InChI=1S/C18H15Cl2NO/c19-11-6-4-10(5-7-11)17-13-3-1-2-12(13)16-14(20)8-9-15(22)18(16)21-17/h1-2,4-9,12-13,17,21-22H,3H2/t12-,13+,17+/m1/s1. The highest BCUT2D eigenvalue weighted by Gasteiger charge is 2.40. The largest absolute Gasteiger partial charge is 0.506 e. The van der Waals surface area contributed by atoms with Crippen molar-refractivity contribution in [3.05, 3.63) is 69.7 Å². The van der Waals surface area contributed by atoms with Crippen molar-refractivity contribution in [2.75, 3.05) is 5.32 Å². The van der Waals surface area contributed by atoms with Gasteiger partial charge >= 0.3 is 0 Å². The fraction of sp³-hybridized carbons (Fsp3) is 0.222. The Labute approximate surface area is 139 Å². The van der Waals surface area contributed by atoms with Crippen molar-refractivity contribution in [3.8, 4) is 5.75 Å². The molecule has 2 aromatic rings. The zero-order valence-corrected chi connectivity index (χ0v) is 13.3. The fourth-order valence-corrected chi connectivity index (χ4v) is 4.06. The molecule has 1 heterocycles. The van der Waals surface area contributed by atoms with Gasteiger partial charge in [0.25, 0.3) is 0 Å². The Bertz CT molecular complexity index is 754. The van der Waals surface area contributed by atoms with E-state index < -0.39 is 0 Å². The summed E-state index contributed by atoms with van der Waals surface area (Å²) in [5.41, 5.74) is 2.93. The molecule has 0 amide bonds. The minimum atomic E-state index is 0.133. The molecule has 2 aliphatic rings. The molecule has 0 fully saturated rings. The third-order valence-electron chi connectivity index (χ3n) is 4.67. The smallest absolute Gasteiger partial charge is 0.139 e. The van der Waals surface area contributed by atoms with Crippen LogP contribution < -0.4 is 5.32 Å². The van der Waals surface area contributed by atoms with Crippen LogP contribution in [0.15, 0.2) is 48.6 Å². The molecule has 112 valence electrons. The maximum absolute atomic E-state index is 10.2. The molecule has 2 nitrogen and oxygen atoms in total. The number of hydrogen-bond acceptors (Lipinski definition) is 2. The average molecular weight is 332 g/mol. The number of hydrogen-bond donors (Lipinski definition) is 2. The summed E-state index contributed by atoms with van der Waals surface area (Å²) in [7, 11) is 0. The van der Waals surface area contributed by atoms with Crippen molar-refractivity contribution < 1.29 is 5.11 Å². The van der Waals surface area contributed by atoms with Crippen LogP contribution in [0.4, 0.5) is 5.69 Å². The van der Waals surface area contributed by atoms with Crippen LogP contribution in [0.2, 0.25) is 10.0 Å². The number of fused-ring (bicyclic) bond motifs is 3. The average Bonchev–Trinajstić information content (AvgIpc) is 3.00. The van der Waals surface area contributed by atoms with Crippen molar-refractivity contribution in [1.82, 2.24) is 0 Å². The van der Waals surface area contributed by atoms with Crippen molar-refractivity contribution in [3.63, 3.8) is 0 Å². The first-order chi connectivity index (χ1) is 10.6. The first-order valence-corrected chi connectivity index (χ1v) is 8.11. The number of nitrogens with one attached hydrogen (secondary N) is 1. The molecule has 3 atom stereocenters. The second kappa shape index (κ2) is 5.22. The summed E-state index contributed by atoms with van der Waals surface area (Å²) in [5.74, 6) is 0.876. The Morgan fingerprint density at radius 3 is 2.59 bits per heavy atom. The monoisotopic (exact) mass is 331 g/mol. The molecule has 2 N–H and O–H groups in total. The third-order valence-corrected chi connectivity index (χ3v) is 5.26. The SMILES string of the molecule is Oc1ccc(Cl)c2c1N[C@@H](c1ccc(Cl)cc1)[C@H]1CC=C[C@@H]21. The van der Waals surface area contributed by atoms with Crippen LogP contribution >= 0.6 is 23.2 Å². The van der Waals surface area contributed by atoms with Crippen molar-refractivity contribution >= 4 is 28.9 Å². The van der Waals surface area contributed by atoms with Gasteiger partial charge in [0.1, 0.15) is 5.75 Å². The molecule has 1 aliphatic heterocycles. The summed E-state index contributed by atoms with van der Waals surface area (Å²) in [6.45, 7) is 0. The number of halogens is 2. The Morgan fingerprint density at radius 2 is 1.82 bits per heavy atom. The highest BCUT2D eigenvalue weighted by atomic mass is 35.5. The maximum atomic E-state index is 10.2. The number of benzene rings is 2. The Morgan fingerprint density at radius 1 is 1.05 bits per heavy atom. The summed E-state index contributed by atoms with van der Waals surface area (Å²) in [6, 6.07) is 11.4. The number of anilines is 1. The molecule has 22 heavy (non-hydrogen) atoms. The first-order valence-electron chi connectivity index (χ1n) is 7.35. The second-order valence-corrected chi connectivity index (χ2v) is 6.73.